The van der Waals surface area contributed by atoms with E-state index >= 15 is 0 Å². The Morgan fingerprint density at radius 1 is 0.963 bits per heavy atom. The molecule has 144 valence electrons. The standard InChI is InChI=1S/C23H26Cl2OS/c1-15-3-12-20-21(13-15)26-22(16-4-6-17(24)7-5-16)14-23(20,2)27-19-10-8-18(25)9-11-19/h4-11,15,20-22H,3,12-14H2,1-2H3/t15-,20-,21-,22-,23+/m1/s1. The molecule has 4 heteroatoms. The van der Waals surface area contributed by atoms with Crippen molar-refractivity contribution < 1.29 is 4.74 Å². The fraction of sp³-hybridized carbons (Fsp3) is 0.478. The Morgan fingerprint density at radius 3 is 2.26 bits per heavy atom. The third-order valence-corrected chi connectivity index (χ3v) is 8.12. The summed E-state index contributed by atoms with van der Waals surface area (Å²) in [6.07, 6.45) is 5.16. The highest BCUT2D eigenvalue weighted by Crippen LogP contribution is 2.55. The van der Waals surface area contributed by atoms with E-state index < -0.39 is 0 Å². The quantitative estimate of drug-likeness (QED) is 0.500. The van der Waals surface area contributed by atoms with Gasteiger partial charge in [0.15, 0.2) is 0 Å². The van der Waals surface area contributed by atoms with E-state index in [1.807, 2.05) is 36.0 Å². The van der Waals surface area contributed by atoms with E-state index in [4.69, 9.17) is 27.9 Å². The fourth-order valence-corrected chi connectivity index (χ4v) is 6.44. The average molecular weight is 421 g/mol. The summed E-state index contributed by atoms with van der Waals surface area (Å²) in [5.41, 5.74) is 1.24. The summed E-state index contributed by atoms with van der Waals surface area (Å²) in [4.78, 5) is 1.29. The average Bonchev–Trinajstić information content (AvgIpc) is 2.63. The lowest BCUT2D eigenvalue weighted by molar-refractivity contribution is -0.122. The first-order valence-corrected chi connectivity index (χ1v) is 11.4. The zero-order valence-electron chi connectivity index (χ0n) is 15.8. The molecule has 4 rings (SSSR count). The summed E-state index contributed by atoms with van der Waals surface area (Å²) in [5.74, 6) is 1.32. The smallest absolute Gasteiger partial charge is 0.0842 e. The van der Waals surface area contributed by atoms with E-state index in [-0.39, 0.29) is 10.9 Å². The van der Waals surface area contributed by atoms with Crippen LogP contribution in [0.4, 0.5) is 0 Å². The SMILES string of the molecule is C[C@@H]1CC[C@@H]2[C@@H](C1)O[C@@H](c1ccc(Cl)cc1)C[C@]2(C)Sc1ccc(Cl)cc1. The molecule has 2 aromatic rings. The molecule has 1 saturated carbocycles. The van der Waals surface area contributed by atoms with Crippen LogP contribution >= 0.6 is 35.0 Å². The normalized spacial score (nSPS) is 33.5. The van der Waals surface area contributed by atoms with Crippen LogP contribution in [-0.4, -0.2) is 10.9 Å². The van der Waals surface area contributed by atoms with Crippen LogP contribution in [-0.2, 0) is 4.74 Å². The van der Waals surface area contributed by atoms with Crippen molar-refractivity contribution in [2.45, 2.75) is 61.4 Å². The van der Waals surface area contributed by atoms with Crippen LogP contribution in [0.2, 0.25) is 10.0 Å². The van der Waals surface area contributed by atoms with Gasteiger partial charge in [-0.2, -0.15) is 0 Å². The summed E-state index contributed by atoms with van der Waals surface area (Å²) in [6.45, 7) is 4.79. The minimum atomic E-state index is 0.124. The molecular weight excluding hydrogens is 395 g/mol. The van der Waals surface area contributed by atoms with E-state index in [9.17, 15) is 0 Å². The van der Waals surface area contributed by atoms with Crippen molar-refractivity contribution in [3.63, 3.8) is 0 Å². The molecule has 0 N–H and O–H groups in total. The van der Waals surface area contributed by atoms with Crippen LogP contribution in [0.25, 0.3) is 0 Å². The Labute approximate surface area is 176 Å². The third kappa shape index (κ3) is 4.34. The Balaban J connectivity index is 1.63. The second kappa shape index (κ2) is 7.99. The fourth-order valence-electron chi connectivity index (χ4n) is 4.72. The van der Waals surface area contributed by atoms with Gasteiger partial charge in [0.1, 0.15) is 0 Å². The third-order valence-electron chi connectivity index (χ3n) is 6.17. The van der Waals surface area contributed by atoms with Crippen LogP contribution < -0.4 is 0 Å². The maximum atomic E-state index is 6.66. The van der Waals surface area contributed by atoms with E-state index in [1.165, 1.54) is 23.3 Å². The lowest BCUT2D eigenvalue weighted by atomic mass is 9.70. The molecule has 0 bridgehead atoms. The van der Waals surface area contributed by atoms with Gasteiger partial charge in [0.2, 0.25) is 0 Å². The van der Waals surface area contributed by atoms with E-state index in [0.29, 0.717) is 12.0 Å². The highest BCUT2D eigenvalue weighted by atomic mass is 35.5. The molecule has 2 aromatic carbocycles. The summed E-state index contributed by atoms with van der Waals surface area (Å²) in [6, 6.07) is 16.4. The van der Waals surface area contributed by atoms with E-state index in [0.717, 1.165) is 28.8 Å². The molecular formula is C23H26Cl2OS. The van der Waals surface area contributed by atoms with Gasteiger partial charge in [0, 0.05) is 25.6 Å². The zero-order chi connectivity index (χ0) is 19.0. The predicted molar refractivity (Wildman–Crippen MR) is 116 cm³/mol. The van der Waals surface area contributed by atoms with Crippen molar-refractivity contribution in [2.24, 2.45) is 11.8 Å². The summed E-state index contributed by atoms with van der Waals surface area (Å²) < 4.78 is 6.80. The van der Waals surface area contributed by atoms with Gasteiger partial charge < -0.3 is 4.74 Å². The predicted octanol–water partition coefficient (Wildman–Crippen LogP) is 7.81. The molecule has 0 spiro atoms. The van der Waals surface area contributed by atoms with Crippen molar-refractivity contribution in [1.29, 1.82) is 0 Å². The van der Waals surface area contributed by atoms with Gasteiger partial charge in [-0.1, -0.05) is 48.7 Å². The van der Waals surface area contributed by atoms with Crippen molar-refractivity contribution >= 4 is 35.0 Å². The van der Waals surface area contributed by atoms with Crippen LogP contribution in [0.5, 0.6) is 0 Å². The number of halogens is 2. The Kier molecular flexibility index (Phi) is 5.81. The van der Waals surface area contributed by atoms with Crippen molar-refractivity contribution in [2.75, 3.05) is 0 Å². The molecule has 0 amide bonds. The Bertz CT molecular complexity index is 776. The second-order valence-corrected chi connectivity index (χ2v) is 10.8. The Morgan fingerprint density at radius 2 is 1.59 bits per heavy atom. The lowest BCUT2D eigenvalue weighted by Crippen LogP contribution is -2.49. The van der Waals surface area contributed by atoms with Crippen LogP contribution in [0.1, 0.15) is 51.2 Å². The van der Waals surface area contributed by atoms with Gasteiger partial charge in [0.05, 0.1) is 12.2 Å². The van der Waals surface area contributed by atoms with Crippen molar-refractivity contribution in [1.82, 2.24) is 0 Å². The molecule has 2 aliphatic rings. The number of hydrogen-bond acceptors (Lipinski definition) is 2. The van der Waals surface area contributed by atoms with Gasteiger partial charge >= 0.3 is 0 Å². The molecule has 0 unspecified atom stereocenters. The van der Waals surface area contributed by atoms with Gasteiger partial charge in [-0.15, -0.1) is 11.8 Å². The Hall–Kier alpha value is -0.670. The minimum Gasteiger partial charge on any atom is -0.370 e. The molecule has 1 aliphatic carbocycles. The van der Waals surface area contributed by atoms with Crippen LogP contribution in [0.15, 0.2) is 53.4 Å². The number of hydrogen-bond donors (Lipinski definition) is 0. The topological polar surface area (TPSA) is 9.23 Å². The first-order valence-electron chi connectivity index (χ1n) is 9.78. The van der Waals surface area contributed by atoms with Gasteiger partial charge in [-0.25, -0.2) is 0 Å². The number of benzene rings is 2. The molecule has 1 nitrogen and oxygen atoms in total. The molecule has 1 heterocycles. The molecule has 5 atom stereocenters. The molecule has 0 radical (unpaired) electrons. The molecule has 27 heavy (non-hydrogen) atoms. The second-order valence-electron chi connectivity index (χ2n) is 8.31. The van der Waals surface area contributed by atoms with Crippen LogP contribution in [0, 0.1) is 11.8 Å². The van der Waals surface area contributed by atoms with Gasteiger partial charge in [-0.05, 0) is 74.1 Å². The monoisotopic (exact) mass is 420 g/mol. The van der Waals surface area contributed by atoms with E-state index in [1.54, 1.807) is 0 Å². The minimum absolute atomic E-state index is 0.124. The maximum Gasteiger partial charge on any atom is 0.0842 e. The van der Waals surface area contributed by atoms with Crippen molar-refractivity contribution in [3.8, 4) is 0 Å². The summed E-state index contributed by atoms with van der Waals surface area (Å²) in [7, 11) is 0. The highest BCUT2D eigenvalue weighted by Gasteiger charge is 2.49. The van der Waals surface area contributed by atoms with Gasteiger partial charge in [0.25, 0.3) is 0 Å². The first-order chi connectivity index (χ1) is 12.9. The summed E-state index contributed by atoms with van der Waals surface area (Å²) in [5, 5.41) is 1.57. The van der Waals surface area contributed by atoms with Crippen LogP contribution in [0.3, 0.4) is 0 Å². The largest absolute Gasteiger partial charge is 0.370 e. The first kappa shape index (κ1) is 19.6. The van der Waals surface area contributed by atoms with E-state index in [2.05, 4.69) is 38.1 Å². The molecule has 2 fully saturated rings. The van der Waals surface area contributed by atoms with Crippen molar-refractivity contribution in [3.05, 3.63) is 64.1 Å². The van der Waals surface area contributed by atoms with Gasteiger partial charge in [-0.3, -0.25) is 0 Å². The number of rotatable bonds is 3. The maximum absolute atomic E-state index is 6.66. The molecule has 0 aromatic heterocycles. The highest BCUT2D eigenvalue weighted by molar-refractivity contribution is 8.00. The summed E-state index contributed by atoms with van der Waals surface area (Å²) >= 11 is 14.2. The molecule has 1 aliphatic heterocycles. The lowest BCUT2D eigenvalue weighted by Gasteiger charge is -2.52. The number of ether oxygens (including phenoxy) is 1. The number of fused-ring (bicyclic) bond motifs is 1. The molecule has 1 saturated heterocycles. The number of thioether (sulfide) groups is 1. The zero-order valence-corrected chi connectivity index (χ0v) is 18.2.